The first-order valence-corrected chi connectivity index (χ1v) is 9.56. The number of aryl methyl sites for hydroxylation is 1. The Morgan fingerprint density at radius 3 is 2.23 bits per heavy atom. The Morgan fingerprint density at radius 2 is 1.70 bits per heavy atom. The molecular formula is C23H25N3O4. The van der Waals surface area contributed by atoms with Gasteiger partial charge >= 0.3 is 5.97 Å². The number of hydrogen-bond donors (Lipinski definition) is 2. The number of carbonyl (C=O) groups is 3. The molecule has 2 aromatic carbocycles. The highest BCUT2D eigenvalue weighted by Gasteiger charge is 2.25. The maximum atomic E-state index is 12.7. The Hall–Kier alpha value is -3.66. The van der Waals surface area contributed by atoms with Crippen molar-refractivity contribution in [3.63, 3.8) is 0 Å². The van der Waals surface area contributed by atoms with Gasteiger partial charge < -0.3 is 10.4 Å². The average molecular weight is 407 g/mol. The zero-order chi connectivity index (χ0) is 22.4. The van der Waals surface area contributed by atoms with Crippen LogP contribution in [0.2, 0.25) is 0 Å². The second kappa shape index (κ2) is 9.70. The van der Waals surface area contributed by atoms with E-state index in [0.717, 1.165) is 21.6 Å². The van der Waals surface area contributed by atoms with Crippen LogP contribution in [-0.4, -0.2) is 40.9 Å². The van der Waals surface area contributed by atoms with Crippen molar-refractivity contribution in [1.29, 1.82) is 5.26 Å². The predicted octanol–water partition coefficient (Wildman–Crippen LogP) is 3.44. The molecule has 0 aliphatic carbocycles. The Balaban J connectivity index is 2.24. The third kappa shape index (κ3) is 5.45. The van der Waals surface area contributed by atoms with Crippen molar-refractivity contribution < 1.29 is 19.5 Å². The summed E-state index contributed by atoms with van der Waals surface area (Å²) in [5.74, 6) is -1.73. The third-order valence-corrected chi connectivity index (χ3v) is 4.73. The number of amides is 2. The molecule has 1 atom stereocenters. The predicted molar refractivity (Wildman–Crippen MR) is 113 cm³/mol. The Kier molecular flexibility index (Phi) is 7.32. The fraction of sp³-hybridized carbons (Fsp3) is 0.304. The summed E-state index contributed by atoms with van der Waals surface area (Å²) in [5.41, 5.74) is 3.02. The van der Waals surface area contributed by atoms with E-state index >= 15 is 0 Å². The lowest BCUT2D eigenvalue weighted by molar-refractivity contribution is -0.129. The minimum absolute atomic E-state index is 0.151. The molecule has 30 heavy (non-hydrogen) atoms. The molecule has 0 saturated carbocycles. The van der Waals surface area contributed by atoms with Crippen molar-refractivity contribution in [2.24, 2.45) is 5.92 Å². The monoisotopic (exact) mass is 407 g/mol. The molecule has 0 aromatic heterocycles. The fourth-order valence-corrected chi connectivity index (χ4v) is 3.08. The van der Waals surface area contributed by atoms with Gasteiger partial charge in [-0.3, -0.25) is 14.5 Å². The fourth-order valence-electron chi connectivity index (χ4n) is 3.08. The number of carboxylic acid groups (broad SMARTS) is 1. The summed E-state index contributed by atoms with van der Waals surface area (Å²) in [6, 6.07) is 10.8. The maximum absolute atomic E-state index is 12.7. The number of carboxylic acids is 1. The SMILES string of the molecule is Cc1ccc(C(=O)O)cc1-c1ccc(C(=O)N[C@@H](CC(C)C)C(=O)N(C)C#N)cc1. The Morgan fingerprint density at radius 1 is 1.10 bits per heavy atom. The van der Waals surface area contributed by atoms with Gasteiger partial charge in [0, 0.05) is 12.6 Å². The lowest BCUT2D eigenvalue weighted by Crippen LogP contribution is -2.46. The van der Waals surface area contributed by atoms with Crippen LogP contribution in [0.15, 0.2) is 42.5 Å². The lowest BCUT2D eigenvalue weighted by Gasteiger charge is -2.21. The minimum atomic E-state index is -1.00. The number of rotatable bonds is 7. The van der Waals surface area contributed by atoms with Crippen LogP contribution < -0.4 is 5.32 Å². The van der Waals surface area contributed by atoms with E-state index < -0.39 is 23.8 Å². The molecule has 0 bridgehead atoms. The number of benzene rings is 2. The molecule has 7 heteroatoms. The molecule has 2 rings (SSSR count). The van der Waals surface area contributed by atoms with Crippen molar-refractivity contribution in [2.45, 2.75) is 33.2 Å². The van der Waals surface area contributed by atoms with Crippen LogP contribution >= 0.6 is 0 Å². The van der Waals surface area contributed by atoms with Crippen LogP contribution in [0.3, 0.4) is 0 Å². The second-order valence-corrected chi connectivity index (χ2v) is 7.57. The standard InChI is InChI=1S/C23H25N3O4/c1-14(2)11-20(22(28)26(4)13-24)25-21(27)17-9-7-16(8-10-17)19-12-18(23(29)30)6-5-15(19)3/h5-10,12,14,20H,11H2,1-4H3,(H,25,27)(H,29,30)/t20-/m0/s1. The number of carbonyl (C=O) groups excluding carboxylic acids is 2. The van der Waals surface area contributed by atoms with Crippen LogP contribution in [0.5, 0.6) is 0 Å². The summed E-state index contributed by atoms with van der Waals surface area (Å²) < 4.78 is 0. The van der Waals surface area contributed by atoms with Gasteiger partial charge in [-0.25, -0.2) is 4.79 Å². The molecule has 0 saturated heterocycles. The minimum Gasteiger partial charge on any atom is -0.478 e. The van der Waals surface area contributed by atoms with Crippen molar-refractivity contribution in [1.82, 2.24) is 10.2 Å². The molecule has 7 nitrogen and oxygen atoms in total. The first-order chi connectivity index (χ1) is 14.1. The number of nitriles is 1. The van der Waals surface area contributed by atoms with E-state index in [1.54, 1.807) is 48.7 Å². The van der Waals surface area contributed by atoms with E-state index in [2.05, 4.69) is 5.32 Å². The Labute approximate surface area is 175 Å². The number of likely N-dealkylation sites (N-methyl/N-ethyl adjacent to an activating group) is 1. The summed E-state index contributed by atoms with van der Waals surface area (Å²) in [6.07, 6.45) is 2.18. The van der Waals surface area contributed by atoms with Gasteiger partial charge in [-0.1, -0.05) is 32.0 Å². The van der Waals surface area contributed by atoms with Gasteiger partial charge in [0.25, 0.3) is 11.8 Å². The quantitative estimate of drug-likeness (QED) is 0.539. The normalized spacial score (nSPS) is 11.5. The van der Waals surface area contributed by atoms with Gasteiger partial charge in [-0.15, -0.1) is 0 Å². The molecule has 0 heterocycles. The van der Waals surface area contributed by atoms with E-state index in [1.807, 2.05) is 20.8 Å². The molecule has 156 valence electrons. The highest BCUT2D eigenvalue weighted by atomic mass is 16.4. The van der Waals surface area contributed by atoms with Crippen LogP contribution in [-0.2, 0) is 4.79 Å². The van der Waals surface area contributed by atoms with Crippen LogP contribution in [0.25, 0.3) is 11.1 Å². The molecule has 0 aliphatic heterocycles. The van der Waals surface area contributed by atoms with E-state index in [1.165, 1.54) is 7.05 Å². The van der Waals surface area contributed by atoms with E-state index in [0.29, 0.717) is 12.0 Å². The first-order valence-electron chi connectivity index (χ1n) is 9.56. The van der Waals surface area contributed by atoms with Gasteiger partial charge in [0.15, 0.2) is 6.19 Å². The largest absolute Gasteiger partial charge is 0.478 e. The summed E-state index contributed by atoms with van der Waals surface area (Å²) in [5, 5.41) is 20.9. The van der Waals surface area contributed by atoms with Gasteiger partial charge in [-0.05, 0) is 60.2 Å². The van der Waals surface area contributed by atoms with Crippen molar-refractivity contribution in [2.75, 3.05) is 7.05 Å². The first kappa shape index (κ1) is 22.6. The lowest BCUT2D eigenvalue weighted by atomic mass is 9.97. The third-order valence-electron chi connectivity index (χ3n) is 4.73. The molecule has 0 unspecified atom stereocenters. The van der Waals surface area contributed by atoms with Crippen LogP contribution in [0, 0.1) is 24.3 Å². The topological polar surface area (TPSA) is 110 Å². The molecular weight excluding hydrogens is 382 g/mol. The molecule has 2 aromatic rings. The zero-order valence-electron chi connectivity index (χ0n) is 17.5. The summed E-state index contributed by atoms with van der Waals surface area (Å²) in [4.78, 5) is 37.2. The van der Waals surface area contributed by atoms with Gasteiger partial charge in [0.05, 0.1) is 5.56 Å². The number of nitrogens with one attached hydrogen (secondary N) is 1. The molecule has 0 fully saturated rings. The second-order valence-electron chi connectivity index (χ2n) is 7.57. The molecule has 0 radical (unpaired) electrons. The van der Waals surface area contributed by atoms with Crippen molar-refractivity contribution >= 4 is 17.8 Å². The summed E-state index contributed by atoms with van der Waals surface area (Å²) in [7, 11) is 1.37. The van der Waals surface area contributed by atoms with Crippen molar-refractivity contribution in [3.8, 4) is 17.3 Å². The molecule has 2 N–H and O–H groups in total. The van der Waals surface area contributed by atoms with E-state index in [9.17, 15) is 19.5 Å². The van der Waals surface area contributed by atoms with Gasteiger partial charge in [0.1, 0.15) is 6.04 Å². The highest BCUT2D eigenvalue weighted by Crippen LogP contribution is 2.25. The number of aromatic carboxylic acids is 1. The van der Waals surface area contributed by atoms with E-state index in [4.69, 9.17) is 5.26 Å². The summed E-state index contributed by atoms with van der Waals surface area (Å²) >= 11 is 0. The molecule has 0 spiro atoms. The molecule has 2 amide bonds. The summed E-state index contributed by atoms with van der Waals surface area (Å²) in [6.45, 7) is 5.75. The molecule has 0 aliphatic rings. The highest BCUT2D eigenvalue weighted by molar-refractivity contribution is 5.98. The number of nitrogens with zero attached hydrogens (tertiary/aromatic N) is 2. The van der Waals surface area contributed by atoms with Crippen molar-refractivity contribution in [3.05, 3.63) is 59.2 Å². The number of hydrogen-bond acceptors (Lipinski definition) is 4. The van der Waals surface area contributed by atoms with E-state index in [-0.39, 0.29) is 11.5 Å². The zero-order valence-corrected chi connectivity index (χ0v) is 17.5. The van der Waals surface area contributed by atoms with Gasteiger partial charge in [0.2, 0.25) is 0 Å². The Bertz CT molecular complexity index is 990. The average Bonchev–Trinajstić information content (AvgIpc) is 2.72. The van der Waals surface area contributed by atoms with Crippen LogP contribution in [0.4, 0.5) is 0 Å². The smallest absolute Gasteiger partial charge is 0.335 e. The van der Waals surface area contributed by atoms with Gasteiger partial charge in [-0.2, -0.15) is 5.26 Å². The van der Waals surface area contributed by atoms with Crippen LogP contribution in [0.1, 0.15) is 46.5 Å². The maximum Gasteiger partial charge on any atom is 0.335 e.